The molecule has 0 saturated heterocycles. The molecule has 1 aromatic rings. The standard InChI is InChI=1S/C13H15N3O2/c1-16(8-12(17)18-2)13-10(7-14)6-9-4-3-5-11(9)15-13/h6H,3-5,8H2,1-2H3. The molecule has 94 valence electrons. The first kappa shape index (κ1) is 12.4. The van der Waals surface area contributed by atoms with Gasteiger partial charge in [0.1, 0.15) is 18.4 Å². The SMILES string of the molecule is COC(=O)CN(C)c1nc2c(cc1C#N)CCC2. The van der Waals surface area contributed by atoms with Gasteiger partial charge in [0.15, 0.2) is 0 Å². The van der Waals surface area contributed by atoms with E-state index in [2.05, 4.69) is 15.8 Å². The van der Waals surface area contributed by atoms with Gasteiger partial charge in [-0.1, -0.05) is 0 Å². The van der Waals surface area contributed by atoms with Gasteiger partial charge in [-0.05, 0) is 30.9 Å². The molecule has 1 heterocycles. The maximum absolute atomic E-state index is 11.3. The lowest BCUT2D eigenvalue weighted by atomic mass is 10.1. The quantitative estimate of drug-likeness (QED) is 0.745. The Morgan fingerprint density at radius 2 is 2.39 bits per heavy atom. The first-order valence-corrected chi connectivity index (χ1v) is 5.86. The van der Waals surface area contributed by atoms with E-state index in [9.17, 15) is 4.79 Å². The molecule has 0 aliphatic heterocycles. The summed E-state index contributed by atoms with van der Waals surface area (Å²) in [6, 6.07) is 4.03. The highest BCUT2D eigenvalue weighted by atomic mass is 16.5. The van der Waals surface area contributed by atoms with Gasteiger partial charge in [-0.3, -0.25) is 4.79 Å². The second-order valence-corrected chi connectivity index (χ2v) is 4.36. The third-order valence-electron chi connectivity index (χ3n) is 3.11. The van der Waals surface area contributed by atoms with Crippen molar-refractivity contribution < 1.29 is 9.53 Å². The van der Waals surface area contributed by atoms with Crippen molar-refractivity contribution in [3.63, 3.8) is 0 Å². The van der Waals surface area contributed by atoms with Crippen molar-refractivity contribution in [3.05, 3.63) is 22.9 Å². The summed E-state index contributed by atoms with van der Waals surface area (Å²) in [7, 11) is 3.08. The lowest BCUT2D eigenvalue weighted by Crippen LogP contribution is -2.28. The molecule has 0 N–H and O–H groups in total. The first-order chi connectivity index (χ1) is 8.65. The molecule has 2 rings (SSSR count). The highest BCUT2D eigenvalue weighted by Crippen LogP contribution is 2.26. The van der Waals surface area contributed by atoms with Crippen molar-refractivity contribution in [2.75, 3.05) is 25.6 Å². The van der Waals surface area contributed by atoms with Gasteiger partial charge < -0.3 is 9.64 Å². The summed E-state index contributed by atoms with van der Waals surface area (Å²) >= 11 is 0. The highest BCUT2D eigenvalue weighted by molar-refractivity contribution is 5.76. The Balaban J connectivity index is 2.32. The van der Waals surface area contributed by atoms with E-state index in [1.165, 1.54) is 7.11 Å². The molecule has 0 bridgehead atoms. The van der Waals surface area contributed by atoms with E-state index >= 15 is 0 Å². The second kappa shape index (κ2) is 5.05. The maximum atomic E-state index is 11.3. The van der Waals surface area contributed by atoms with Crippen molar-refractivity contribution in [3.8, 4) is 6.07 Å². The van der Waals surface area contributed by atoms with E-state index in [4.69, 9.17) is 5.26 Å². The number of aryl methyl sites for hydroxylation is 2. The minimum atomic E-state index is -0.344. The topological polar surface area (TPSA) is 66.2 Å². The number of carbonyl (C=O) groups excluding carboxylic acids is 1. The minimum absolute atomic E-state index is 0.0942. The van der Waals surface area contributed by atoms with E-state index in [1.807, 2.05) is 6.07 Å². The fourth-order valence-corrected chi connectivity index (χ4v) is 2.17. The Morgan fingerprint density at radius 1 is 1.61 bits per heavy atom. The molecule has 0 radical (unpaired) electrons. The van der Waals surface area contributed by atoms with Crippen LogP contribution in [0.2, 0.25) is 0 Å². The van der Waals surface area contributed by atoms with E-state index in [0.29, 0.717) is 11.4 Å². The number of nitrogens with zero attached hydrogens (tertiary/aromatic N) is 3. The number of rotatable bonds is 3. The molecule has 5 heteroatoms. The fraction of sp³-hybridized carbons (Fsp3) is 0.462. The van der Waals surface area contributed by atoms with Gasteiger partial charge in [0, 0.05) is 12.7 Å². The zero-order chi connectivity index (χ0) is 13.1. The fourth-order valence-electron chi connectivity index (χ4n) is 2.17. The van der Waals surface area contributed by atoms with Crippen LogP contribution in [0, 0.1) is 11.3 Å². The molecule has 5 nitrogen and oxygen atoms in total. The summed E-state index contributed by atoms with van der Waals surface area (Å²) in [5, 5.41) is 9.16. The van der Waals surface area contributed by atoms with Gasteiger partial charge in [-0.15, -0.1) is 0 Å². The molecule has 1 aromatic heterocycles. The van der Waals surface area contributed by atoms with Crippen molar-refractivity contribution >= 4 is 11.8 Å². The Hall–Kier alpha value is -2.09. The Kier molecular flexibility index (Phi) is 3.47. The van der Waals surface area contributed by atoms with Gasteiger partial charge in [0.05, 0.1) is 12.7 Å². The summed E-state index contributed by atoms with van der Waals surface area (Å²) < 4.78 is 4.62. The summed E-state index contributed by atoms with van der Waals surface area (Å²) in [6.45, 7) is 0.0942. The van der Waals surface area contributed by atoms with Crippen LogP contribution in [0.25, 0.3) is 0 Å². The third-order valence-corrected chi connectivity index (χ3v) is 3.11. The minimum Gasteiger partial charge on any atom is -0.468 e. The van der Waals surface area contributed by atoms with Gasteiger partial charge >= 0.3 is 5.97 Å². The second-order valence-electron chi connectivity index (χ2n) is 4.36. The lowest BCUT2D eigenvalue weighted by molar-refractivity contribution is -0.138. The Morgan fingerprint density at radius 3 is 3.06 bits per heavy atom. The van der Waals surface area contributed by atoms with Gasteiger partial charge in [0.25, 0.3) is 0 Å². The summed E-state index contributed by atoms with van der Waals surface area (Å²) in [4.78, 5) is 17.4. The predicted octanol–water partition coefficient (Wildman–Crippen LogP) is 1.05. The van der Waals surface area contributed by atoms with Gasteiger partial charge in [-0.2, -0.15) is 5.26 Å². The number of carbonyl (C=O) groups is 1. The smallest absolute Gasteiger partial charge is 0.325 e. The summed E-state index contributed by atoms with van der Waals surface area (Å²) in [6.07, 6.45) is 3.01. The molecule has 0 aromatic carbocycles. The van der Waals surface area contributed by atoms with Crippen LogP contribution in [0.1, 0.15) is 23.2 Å². The molecule has 1 aliphatic carbocycles. The number of methoxy groups -OCH3 is 1. The van der Waals surface area contributed by atoms with Gasteiger partial charge in [0.2, 0.25) is 0 Å². The van der Waals surface area contributed by atoms with Crippen LogP contribution in [0.4, 0.5) is 5.82 Å². The van der Waals surface area contributed by atoms with Crippen molar-refractivity contribution in [2.45, 2.75) is 19.3 Å². The van der Waals surface area contributed by atoms with E-state index in [-0.39, 0.29) is 12.5 Å². The van der Waals surface area contributed by atoms with Crippen molar-refractivity contribution in [1.29, 1.82) is 5.26 Å². The number of likely N-dealkylation sites (N-methyl/N-ethyl adjacent to an activating group) is 1. The Labute approximate surface area is 106 Å². The zero-order valence-electron chi connectivity index (χ0n) is 10.6. The van der Waals surface area contributed by atoms with E-state index < -0.39 is 0 Å². The number of pyridine rings is 1. The molecular weight excluding hydrogens is 230 g/mol. The first-order valence-electron chi connectivity index (χ1n) is 5.86. The number of ether oxygens (including phenoxy) is 1. The number of esters is 1. The van der Waals surface area contributed by atoms with Crippen LogP contribution in [0.5, 0.6) is 0 Å². The van der Waals surface area contributed by atoms with Crippen LogP contribution in [0.15, 0.2) is 6.07 Å². The largest absolute Gasteiger partial charge is 0.468 e. The highest BCUT2D eigenvalue weighted by Gasteiger charge is 2.19. The van der Waals surface area contributed by atoms with Crippen molar-refractivity contribution in [1.82, 2.24) is 4.98 Å². The Bertz CT molecular complexity index is 520. The number of hydrogen-bond acceptors (Lipinski definition) is 5. The van der Waals surface area contributed by atoms with Crippen LogP contribution < -0.4 is 4.90 Å². The number of aromatic nitrogens is 1. The normalized spacial score (nSPS) is 12.7. The molecule has 0 spiro atoms. The van der Waals surface area contributed by atoms with Crippen LogP contribution in [-0.4, -0.2) is 31.7 Å². The number of fused-ring (bicyclic) bond motifs is 1. The molecular formula is C13H15N3O2. The molecule has 0 unspecified atom stereocenters. The zero-order valence-corrected chi connectivity index (χ0v) is 10.6. The monoisotopic (exact) mass is 245 g/mol. The number of anilines is 1. The molecule has 0 amide bonds. The average molecular weight is 245 g/mol. The van der Waals surface area contributed by atoms with Gasteiger partial charge in [-0.25, -0.2) is 4.98 Å². The predicted molar refractivity (Wildman–Crippen MR) is 66.3 cm³/mol. The number of hydrogen-bond donors (Lipinski definition) is 0. The van der Waals surface area contributed by atoms with Crippen LogP contribution >= 0.6 is 0 Å². The van der Waals surface area contributed by atoms with Crippen molar-refractivity contribution in [2.24, 2.45) is 0 Å². The molecule has 0 saturated carbocycles. The maximum Gasteiger partial charge on any atom is 0.325 e. The molecule has 18 heavy (non-hydrogen) atoms. The molecule has 0 fully saturated rings. The average Bonchev–Trinajstić information content (AvgIpc) is 2.83. The van der Waals surface area contributed by atoms with Crippen LogP contribution in [0.3, 0.4) is 0 Å². The van der Waals surface area contributed by atoms with E-state index in [1.54, 1.807) is 11.9 Å². The molecule has 1 aliphatic rings. The van der Waals surface area contributed by atoms with E-state index in [0.717, 1.165) is 30.5 Å². The summed E-state index contributed by atoms with van der Waals surface area (Å²) in [5.74, 6) is 0.215. The third kappa shape index (κ3) is 2.28. The lowest BCUT2D eigenvalue weighted by Gasteiger charge is -2.18. The summed E-state index contributed by atoms with van der Waals surface area (Å²) in [5.41, 5.74) is 2.71. The number of nitriles is 1. The van der Waals surface area contributed by atoms with Crippen LogP contribution in [-0.2, 0) is 22.4 Å². The molecule has 0 atom stereocenters.